The predicted octanol–water partition coefficient (Wildman–Crippen LogP) is 9.16. The summed E-state index contributed by atoms with van der Waals surface area (Å²) in [5, 5.41) is 18.3. The predicted molar refractivity (Wildman–Crippen MR) is 200 cm³/mol. The zero-order chi connectivity index (χ0) is 37.0. The Balaban J connectivity index is 4.45. The second-order valence-electron chi connectivity index (χ2n) is 12.3. The fourth-order valence-corrected chi connectivity index (χ4v) is 5.37. The van der Waals surface area contributed by atoms with Crippen molar-refractivity contribution in [2.24, 2.45) is 0 Å². The number of ether oxygens (including phenoxy) is 2. The third kappa shape index (κ3) is 34.1. The van der Waals surface area contributed by atoms with Crippen LogP contribution in [0, 0.1) is 0 Å². The first kappa shape index (κ1) is 47.7. The number of esters is 2. The SMILES string of the molecule is CC/C=C/C=C/C=C/C=C/CCCCCCCC(=O)O[C@H](COC(=O)CCCCCCC/C=C/CCCCC)COP(=O)(O)OC[C@@H](O)CO. The molecule has 11 heteroatoms. The van der Waals surface area contributed by atoms with Gasteiger partial charge in [0.05, 0.1) is 19.8 Å². The zero-order valence-corrected chi connectivity index (χ0v) is 31.7. The Hall–Kier alpha value is -2.33. The highest BCUT2D eigenvalue weighted by atomic mass is 31.2. The number of phosphoric acid groups is 1. The summed E-state index contributed by atoms with van der Waals surface area (Å²) in [6.45, 7) is 2.14. The summed E-state index contributed by atoms with van der Waals surface area (Å²) in [5.41, 5.74) is 0. The second-order valence-corrected chi connectivity index (χ2v) is 13.8. The fourth-order valence-electron chi connectivity index (χ4n) is 4.58. The highest BCUT2D eigenvalue weighted by Gasteiger charge is 2.27. The van der Waals surface area contributed by atoms with Gasteiger partial charge < -0.3 is 24.6 Å². The first-order valence-corrected chi connectivity index (χ1v) is 20.3. The van der Waals surface area contributed by atoms with Gasteiger partial charge in [-0.15, -0.1) is 0 Å². The van der Waals surface area contributed by atoms with E-state index in [2.05, 4.69) is 42.7 Å². The average molecular weight is 727 g/mol. The van der Waals surface area contributed by atoms with Crippen LogP contribution in [0.25, 0.3) is 0 Å². The van der Waals surface area contributed by atoms with Gasteiger partial charge in [0.15, 0.2) is 6.10 Å². The van der Waals surface area contributed by atoms with Crippen molar-refractivity contribution < 1.29 is 47.8 Å². The molecule has 288 valence electrons. The van der Waals surface area contributed by atoms with Gasteiger partial charge in [-0.2, -0.15) is 0 Å². The molecule has 0 fully saturated rings. The molecule has 0 saturated carbocycles. The van der Waals surface area contributed by atoms with Crippen LogP contribution in [-0.4, -0.2) is 65.7 Å². The number of hydrogen-bond acceptors (Lipinski definition) is 9. The third-order valence-electron chi connectivity index (χ3n) is 7.50. The zero-order valence-electron chi connectivity index (χ0n) is 30.8. The molecule has 0 spiro atoms. The molecule has 0 aromatic carbocycles. The van der Waals surface area contributed by atoms with E-state index in [1.54, 1.807) is 0 Å². The van der Waals surface area contributed by atoms with E-state index >= 15 is 0 Å². The minimum atomic E-state index is -4.62. The van der Waals surface area contributed by atoms with Crippen molar-refractivity contribution in [2.75, 3.05) is 26.4 Å². The summed E-state index contributed by atoms with van der Waals surface area (Å²) < 4.78 is 32.5. The van der Waals surface area contributed by atoms with Gasteiger partial charge in [-0.1, -0.05) is 126 Å². The Kier molecular flexibility index (Phi) is 33.5. The van der Waals surface area contributed by atoms with E-state index in [0.29, 0.717) is 12.8 Å². The van der Waals surface area contributed by atoms with Gasteiger partial charge in [-0.25, -0.2) is 4.57 Å². The van der Waals surface area contributed by atoms with Gasteiger partial charge in [-0.3, -0.25) is 18.6 Å². The van der Waals surface area contributed by atoms with E-state index < -0.39 is 51.8 Å². The Morgan fingerprint density at radius 2 is 1.12 bits per heavy atom. The molecular formula is C39H67O10P. The molecule has 3 N–H and O–H groups in total. The maximum Gasteiger partial charge on any atom is 0.472 e. The molecule has 0 aliphatic rings. The Labute approximate surface area is 302 Å². The lowest BCUT2D eigenvalue weighted by molar-refractivity contribution is -0.161. The summed E-state index contributed by atoms with van der Waals surface area (Å²) >= 11 is 0. The monoisotopic (exact) mass is 726 g/mol. The molecule has 0 aromatic heterocycles. The number of rotatable bonds is 34. The average Bonchev–Trinajstić information content (AvgIpc) is 3.10. The van der Waals surface area contributed by atoms with E-state index in [1.165, 1.54) is 19.3 Å². The standard InChI is InChI=1S/C39H67O10P/c1-3-5-7-9-11-13-15-17-18-19-21-23-25-27-29-31-39(43)49-37(35-48-50(44,45)47-33-36(41)32-40)34-46-38(42)30-28-26-24-22-20-16-14-12-10-8-6-4-2/h5,7,9,11-15,17-18,36-37,40-41H,3-4,6,8,10,16,19-35H2,1-2H3,(H,44,45)/b7-5+,11-9+,14-12+,15-13+,18-17+/t36-,37+/m0/s1. The lowest BCUT2D eigenvalue weighted by Crippen LogP contribution is -2.29. The lowest BCUT2D eigenvalue weighted by atomic mass is 10.1. The number of hydrogen-bond donors (Lipinski definition) is 3. The molecule has 0 aliphatic carbocycles. The van der Waals surface area contributed by atoms with Crippen molar-refractivity contribution in [3.8, 4) is 0 Å². The summed E-state index contributed by atoms with van der Waals surface area (Å²) in [4.78, 5) is 34.8. The van der Waals surface area contributed by atoms with Crippen LogP contribution in [0.3, 0.4) is 0 Å². The van der Waals surface area contributed by atoms with E-state index in [-0.39, 0.29) is 19.4 Å². The summed E-state index contributed by atoms with van der Waals surface area (Å²) in [7, 11) is -4.62. The molecule has 1 unspecified atom stereocenters. The van der Waals surface area contributed by atoms with Crippen molar-refractivity contribution >= 4 is 19.8 Å². The summed E-state index contributed by atoms with van der Waals surface area (Å²) in [5.74, 6) is -0.970. The van der Waals surface area contributed by atoms with E-state index in [4.69, 9.17) is 19.1 Å². The molecule has 0 amide bonds. The van der Waals surface area contributed by atoms with Gasteiger partial charge in [0, 0.05) is 12.8 Å². The van der Waals surface area contributed by atoms with Crippen LogP contribution < -0.4 is 0 Å². The first-order valence-electron chi connectivity index (χ1n) is 18.8. The molecule has 10 nitrogen and oxygen atoms in total. The van der Waals surface area contributed by atoms with Gasteiger partial charge in [0.25, 0.3) is 0 Å². The number of carbonyl (C=O) groups is 2. The highest BCUT2D eigenvalue weighted by Crippen LogP contribution is 2.43. The molecule has 50 heavy (non-hydrogen) atoms. The van der Waals surface area contributed by atoms with Gasteiger partial charge in [0.2, 0.25) is 0 Å². The van der Waals surface area contributed by atoms with Crippen LogP contribution in [0.15, 0.2) is 60.8 Å². The van der Waals surface area contributed by atoms with Crippen LogP contribution in [0.5, 0.6) is 0 Å². The molecule has 0 aliphatic heterocycles. The highest BCUT2D eigenvalue weighted by molar-refractivity contribution is 7.47. The lowest BCUT2D eigenvalue weighted by Gasteiger charge is -2.20. The number of allylic oxidation sites excluding steroid dienone is 10. The Morgan fingerprint density at radius 3 is 1.72 bits per heavy atom. The van der Waals surface area contributed by atoms with E-state index in [9.17, 15) is 24.2 Å². The number of aliphatic hydroxyl groups is 2. The molecule has 0 bridgehead atoms. The summed E-state index contributed by atoms with van der Waals surface area (Å²) in [6.07, 6.45) is 36.2. The van der Waals surface area contributed by atoms with Crippen molar-refractivity contribution in [1.82, 2.24) is 0 Å². The van der Waals surface area contributed by atoms with Gasteiger partial charge >= 0.3 is 19.8 Å². The number of carbonyl (C=O) groups excluding carboxylic acids is 2. The van der Waals surface area contributed by atoms with E-state index in [1.807, 2.05) is 36.5 Å². The Bertz CT molecular complexity index is 1020. The molecule has 0 radical (unpaired) electrons. The van der Waals surface area contributed by atoms with Crippen molar-refractivity contribution in [3.05, 3.63) is 60.8 Å². The largest absolute Gasteiger partial charge is 0.472 e. The van der Waals surface area contributed by atoms with Crippen LogP contribution in [0.4, 0.5) is 0 Å². The number of unbranched alkanes of at least 4 members (excludes halogenated alkanes) is 13. The molecule has 3 atom stereocenters. The topological polar surface area (TPSA) is 149 Å². The second kappa shape index (κ2) is 35.1. The molecule has 0 aromatic rings. The van der Waals surface area contributed by atoms with Gasteiger partial charge in [-0.05, 0) is 57.8 Å². The quantitative estimate of drug-likeness (QED) is 0.0193. The number of phosphoric ester groups is 1. The fraction of sp³-hybridized carbons (Fsp3) is 0.692. The smallest absolute Gasteiger partial charge is 0.462 e. The maximum absolute atomic E-state index is 12.5. The molecule has 0 rings (SSSR count). The summed E-state index contributed by atoms with van der Waals surface area (Å²) in [6, 6.07) is 0. The van der Waals surface area contributed by atoms with Crippen molar-refractivity contribution in [3.63, 3.8) is 0 Å². The van der Waals surface area contributed by atoms with Crippen LogP contribution in [-0.2, 0) is 32.7 Å². The maximum atomic E-state index is 12.5. The van der Waals surface area contributed by atoms with Crippen LogP contribution in [0.1, 0.15) is 136 Å². The third-order valence-corrected chi connectivity index (χ3v) is 8.45. The molecule has 0 heterocycles. The normalized spacial score (nSPS) is 14.7. The first-order chi connectivity index (χ1) is 24.2. The van der Waals surface area contributed by atoms with Crippen molar-refractivity contribution in [1.29, 1.82) is 0 Å². The number of aliphatic hydroxyl groups excluding tert-OH is 2. The Morgan fingerprint density at radius 1 is 0.620 bits per heavy atom. The minimum Gasteiger partial charge on any atom is -0.462 e. The van der Waals surface area contributed by atoms with Crippen molar-refractivity contribution in [2.45, 2.75) is 148 Å². The molecular weight excluding hydrogens is 659 g/mol. The van der Waals surface area contributed by atoms with Crippen LogP contribution in [0.2, 0.25) is 0 Å². The van der Waals surface area contributed by atoms with Gasteiger partial charge in [0.1, 0.15) is 12.7 Å². The van der Waals surface area contributed by atoms with E-state index in [0.717, 1.165) is 77.0 Å². The molecule has 0 saturated heterocycles. The van der Waals surface area contributed by atoms with Crippen LogP contribution >= 0.6 is 7.82 Å². The minimum absolute atomic E-state index is 0.154.